The Bertz CT molecular complexity index is 299. The topological polar surface area (TPSA) is 29.5 Å². The lowest BCUT2D eigenvalue weighted by molar-refractivity contribution is 0.332. The minimum absolute atomic E-state index is 0.104. The molecule has 1 N–H and O–H groups in total. The lowest BCUT2D eigenvalue weighted by Gasteiger charge is -2.02. The standard InChI is InChI=1S/C12H16O2/c1-3-14-12-6-4-11(5-7-12)8-10(2)9-13/h4-8,13H,3,9H2,1-2H3. The second kappa shape index (κ2) is 5.45. The molecule has 0 atom stereocenters. The Labute approximate surface area is 84.8 Å². The van der Waals surface area contributed by atoms with Crippen molar-refractivity contribution in [1.29, 1.82) is 0 Å². The molecule has 0 aliphatic rings. The number of aliphatic hydroxyl groups excluding tert-OH is 1. The Morgan fingerprint density at radius 3 is 2.50 bits per heavy atom. The second-order valence-electron chi connectivity index (χ2n) is 3.15. The van der Waals surface area contributed by atoms with Crippen molar-refractivity contribution in [2.24, 2.45) is 0 Å². The summed E-state index contributed by atoms with van der Waals surface area (Å²) >= 11 is 0. The minimum Gasteiger partial charge on any atom is -0.494 e. The monoisotopic (exact) mass is 192 g/mol. The number of ether oxygens (including phenoxy) is 1. The van der Waals surface area contributed by atoms with Crippen molar-refractivity contribution in [1.82, 2.24) is 0 Å². The van der Waals surface area contributed by atoms with E-state index in [4.69, 9.17) is 9.84 Å². The molecule has 0 unspecified atom stereocenters. The molecule has 1 aromatic carbocycles. The number of hydrogen-bond donors (Lipinski definition) is 1. The molecule has 0 radical (unpaired) electrons. The Hall–Kier alpha value is -1.28. The highest BCUT2D eigenvalue weighted by molar-refractivity contribution is 5.53. The number of rotatable bonds is 4. The van der Waals surface area contributed by atoms with Crippen molar-refractivity contribution < 1.29 is 9.84 Å². The van der Waals surface area contributed by atoms with Gasteiger partial charge in [-0.05, 0) is 37.1 Å². The fourth-order valence-corrected chi connectivity index (χ4v) is 1.16. The molecule has 0 spiro atoms. The van der Waals surface area contributed by atoms with Crippen LogP contribution in [0.3, 0.4) is 0 Å². The van der Waals surface area contributed by atoms with Crippen LogP contribution in [0, 0.1) is 0 Å². The molecule has 14 heavy (non-hydrogen) atoms. The van der Waals surface area contributed by atoms with Crippen molar-refractivity contribution >= 4 is 6.08 Å². The van der Waals surface area contributed by atoms with Gasteiger partial charge in [-0.3, -0.25) is 0 Å². The SMILES string of the molecule is CCOc1ccc(C=C(C)CO)cc1. The van der Waals surface area contributed by atoms with Crippen LogP contribution >= 0.6 is 0 Å². The van der Waals surface area contributed by atoms with Crippen LogP contribution in [0.1, 0.15) is 19.4 Å². The molecule has 0 heterocycles. The summed E-state index contributed by atoms with van der Waals surface area (Å²) in [6.45, 7) is 4.65. The summed E-state index contributed by atoms with van der Waals surface area (Å²) in [6, 6.07) is 7.81. The first-order chi connectivity index (χ1) is 6.76. The van der Waals surface area contributed by atoms with Crippen LogP contribution in [0.5, 0.6) is 5.75 Å². The van der Waals surface area contributed by atoms with Crippen LogP contribution in [0.25, 0.3) is 6.08 Å². The highest BCUT2D eigenvalue weighted by Gasteiger charge is 1.92. The van der Waals surface area contributed by atoms with Gasteiger partial charge in [0.1, 0.15) is 5.75 Å². The first-order valence-corrected chi connectivity index (χ1v) is 4.77. The average Bonchev–Trinajstić information content (AvgIpc) is 2.21. The average molecular weight is 192 g/mol. The van der Waals surface area contributed by atoms with Gasteiger partial charge in [-0.2, -0.15) is 0 Å². The molecule has 0 saturated carbocycles. The van der Waals surface area contributed by atoms with Crippen molar-refractivity contribution in [3.63, 3.8) is 0 Å². The van der Waals surface area contributed by atoms with E-state index in [2.05, 4.69) is 0 Å². The van der Waals surface area contributed by atoms with Crippen molar-refractivity contribution in [3.05, 3.63) is 35.4 Å². The van der Waals surface area contributed by atoms with Gasteiger partial charge in [0.2, 0.25) is 0 Å². The van der Waals surface area contributed by atoms with Crippen LogP contribution in [0.4, 0.5) is 0 Å². The van der Waals surface area contributed by atoms with E-state index in [0.29, 0.717) is 6.61 Å². The van der Waals surface area contributed by atoms with E-state index in [1.54, 1.807) is 0 Å². The summed E-state index contributed by atoms with van der Waals surface area (Å²) in [7, 11) is 0. The van der Waals surface area contributed by atoms with Crippen LogP contribution in [-0.2, 0) is 0 Å². The van der Waals surface area contributed by atoms with Gasteiger partial charge >= 0.3 is 0 Å². The smallest absolute Gasteiger partial charge is 0.119 e. The first kappa shape index (κ1) is 10.8. The van der Waals surface area contributed by atoms with Crippen molar-refractivity contribution in [2.45, 2.75) is 13.8 Å². The summed E-state index contributed by atoms with van der Waals surface area (Å²) in [5.74, 6) is 0.881. The fraction of sp³-hybridized carbons (Fsp3) is 0.333. The molecule has 0 saturated heterocycles. The number of hydrogen-bond acceptors (Lipinski definition) is 2. The van der Waals surface area contributed by atoms with Crippen LogP contribution in [0.2, 0.25) is 0 Å². The molecule has 0 bridgehead atoms. The Kier molecular flexibility index (Phi) is 4.20. The summed E-state index contributed by atoms with van der Waals surface area (Å²) in [5, 5.41) is 8.84. The van der Waals surface area contributed by atoms with Crippen LogP contribution in [-0.4, -0.2) is 18.3 Å². The van der Waals surface area contributed by atoms with Crippen LogP contribution in [0.15, 0.2) is 29.8 Å². The van der Waals surface area contributed by atoms with E-state index >= 15 is 0 Å². The van der Waals surface area contributed by atoms with Gasteiger partial charge in [-0.15, -0.1) is 0 Å². The highest BCUT2D eigenvalue weighted by Crippen LogP contribution is 2.14. The molecule has 2 nitrogen and oxygen atoms in total. The lowest BCUT2D eigenvalue weighted by Crippen LogP contribution is -1.90. The number of benzene rings is 1. The Morgan fingerprint density at radius 1 is 1.36 bits per heavy atom. The summed E-state index contributed by atoms with van der Waals surface area (Å²) in [6.07, 6.45) is 1.95. The summed E-state index contributed by atoms with van der Waals surface area (Å²) in [4.78, 5) is 0. The third-order valence-electron chi connectivity index (χ3n) is 1.85. The van der Waals surface area contributed by atoms with Gasteiger partial charge in [0.15, 0.2) is 0 Å². The van der Waals surface area contributed by atoms with Crippen LogP contribution < -0.4 is 4.74 Å². The third kappa shape index (κ3) is 3.23. The molecule has 0 amide bonds. The normalized spacial score (nSPS) is 11.5. The largest absolute Gasteiger partial charge is 0.494 e. The molecule has 1 aromatic rings. The van der Waals surface area contributed by atoms with Gasteiger partial charge in [-0.1, -0.05) is 18.2 Å². The van der Waals surface area contributed by atoms with Gasteiger partial charge in [0, 0.05) is 0 Å². The van der Waals surface area contributed by atoms with Gasteiger partial charge in [-0.25, -0.2) is 0 Å². The summed E-state index contributed by atoms with van der Waals surface area (Å²) < 4.78 is 5.32. The van der Waals surface area contributed by atoms with E-state index in [1.807, 2.05) is 44.2 Å². The maximum atomic E-state index is 8.84. The van der Waals surface area contributed by atoms with Crippen molar-refractivity contribution in [3.8, 4) is 5.75 Å². The first-order valence-electron chi connectivity index (χ1n) is 4.77. The maximum absolute atomic E-state index is 8.84. The van der Waals surface area contributed by atoms with E-state index < -0.39 is 0 Å². The molecule has 0 aliphatic carbocycles. The van der Waals surface area contributed by atoms with Gasteiger partial charge < -0.3 is 9.84 Å². The molecule has 0 fully saturated rings. The zero-order chi connectivity index (χ0) is 10.4. The molecular weight excluding hydrogens is 176 g/mol. The molecule has 0 aromatic heterocycles. The molecule has 0 aliphatic heterocycles. The second-order valence-corrected chi connectivity index (χ2v) is 3.15. The fourth-order valence-electron chi connectivity index (χ4n) is 1.16. The molecule has 2 heteroatoms. The lowest BCUT2D eigenvalue weighted by atomic mass is 10.1. The van der Waals surface area contributed by atoms with E-state index in [-0.39, 0.29) is 6.61 Å². The maximum Gasteiger partial charge on any atom is 0.119 e. The third-order valence-corrected chi connectivity index (χ3v) is 1.85. The predicted octanol–water partition coefficient (Wildman–Crippen LogP) is 2.48. The summed E-state index contributed by atoms with van der Waals surface area (Å²) in [5.41, 5.74) is 2.04. The highest BCUT2D eigenvalue weighted by atomic mass is 16.5. The molecular formula is C12H16O2. The van der Waals surface area contributed by atoms with Gasteiger partial charge in [0.25, 0.3) is 0 Å². The van der Waals surface area contributed by atoms with E-state index in [0.717, 1.165) is 16.9 Å². The van der Waals surface area contributed by atoms with Gasteiger partial charge in [0.05, 0.1) is 13.2 Å². The number of aliphatic hydroxyl groups is 1. The zero-order valence-corrected chi connectivity index (χ0v) is 8.66. The Morgan fingerprint density at radius 2 is 2.00 bits per heavy atom. The van der Waals surface area contributed by atoms with Crippen molar-refractivity contribution in [2.75, 3.05) is 13.2 Å². The Balaban J connectivity index is 2.73. The predicted molar refractivity (Wildman–Crippen MR) is 58.3 cm³/mol. The minimum atomic E-state index is 0.104. The molecule has 1 rings (SSSR count). The molecule has 76 valence electrons. The van der Waals surface area contributed by atoms with E-state index in [1.165, 1.54) is 0 Å². The quantitative estimate of drug-likeness (QED) is 0.794. The van der Waals surface area contributed by atoms with E-state index in [9.17, 15) is 0 Å². The zero-order valence-electron chi connectivity index (χ0n) is 8.66.